The van der Waals surface area contributed by atoms with E-state index in [1.54, 1.807) is 13.8 Å². The highest BCUT2D eigenvalue weighted by Crippen LogP contribution is 1.81. The minimum atomic E-state index is -0.123. The topological polar surface area (TPSA) is 26.3 Å². The molecule has 0 fully saturated rings. The van der Waals surface area contributed by atoms with Crippen LogP contribution in [0.5, 0.6) is 0 Å². The lowest BCUT2D eigenvalue weighted by molar-refractivity contribution is -0.142. The second kappa shape index (κ2) is 8.78. The number of benzene rings is 1. The highest BCUT2D eigenvalue weighted by atomic mass is 16.5. The Balaban J connectivity index is 0.000000223. The van der Waals surface area contributed by atoms with Crippen LogP contribution in [0.4, 0.5) is 0 Å². The van der Waals surface area contributed by atoms with Gasteiger partial charge in [-0.05, 0) is 6.92 Å². The lowest BCUT2D eigenvalue weighted by Gasteiger charge is -1.93. The first kappa shape index (κ1) is 11.7. The maximum Gasteiger partial charge on any atom is 0.305 e. The molecule has 0 saturated carbocycles. The number of ether oxygens (including phenoxy) is 1. The standard InChI is InChI=1S/C6H6.C5H10O2/c1-2-4-6-5-3-1;1-3-5(6)7-4-2/h1-6H;3-4H2,1-2H3. The Kier molecular flexibility index (Phi) is 7.90. The quantitative estimate of drug-likeness (QED) is 0.654. The van der Waals surface area contributed by atoms with Crippen molar-refractivity contribution >= 4 is 5.97 Å². The predicted molar refractivity (Wildman–Crippen MR) is 53.4 cm³/mol. The normalized spacial score (nSPS) is 8.15. The molecule has 0 amide bonds. The second-order valence-corrected chi connectivity index (χ2v) is 2.31. The van der Waals surface area contributed by atoms with E-state index in [1.807, 2.05) is 36.4 Å². The lowest BCUT2D eigenvalue weighted by atomic mass is 10.4. The van der Waals surface area contributed by atoms with Gasteiger partial charge >= 0.3 is 5.97 Å². The Morgan fingerprint density at radius 3 is 1.54 bits per heavy atom. The summed E-state index contributed by atoms with van der Waals surface area (Å²) >= 11 is 0. The van der Waals surface area contributed by atoms with Gasteiger partial charge in [0, 0.05) is 6.42 Å². The van der Waals surface area contributed by atoms with Gasteiger partial charge in [-0.2, -0.15) is 0 Å². The van der Waals surface area contributed by atoms with Crippen molar-refractivity contribution in [3.63, 3.8) is 0 Å². The SMILES string of the molecule is CCOC(=O)CC.c1ccccc1. The van der Waals surface area contributed by atoms with Crippen molar-refractivity contribution in [1.29, 1.82) is 0 Å². The molecular weight excluding hydrogens is 164 g/mol. The van der Waals surface area contributed by atoms with Gasteiger partial charge in [-0.1, -0.05) is 43.3 Å². The summed E-state index contributed by atoms with van der Waals surface area (Å²) in [4.78, 5) is 10.2. The summed E-state index contributed by atoms with van der Waals surface area (Å²) < 4.78 is 4.55. The van der Waals surface area contributed by atoms with E-state index in [2.05, 4.69) is 4.74 Å². The van der Waals surface area contributed by atoms with Crippen molar-refractivity contribution in [2.75, 3.05) is 6.61 Å². The number of hydrogen-bond donors (Lipinski definition) is 0. The van der Waals surface area contributed by atoms with E-state index in [1.165, 1.54) is 0 Å². The van der Waals surface area contributed by atoms with Gasteiger partial charge in [0.1, 0.15) is 0 Å². The third kappa shape index (κ3) is 8.60. The molecule has 0 aliphatic carbocycles. The molecule has 0 saturated heterocycles. The van der Waals surface area contributed by atoms with Crippen molar-refractivity contribution in [3.8, 4) is 0 Å². The molecule has 0 aromatic heterocycles. The fourth-order valence-electron chi connectivity index (χ4n) is 0.648. The van der Waals surface area contributed by atoms with Crippen LogP contribution in [0.2, 0.25) is 0 Å². The number of carbonyl (C=O) groups excluding carboxylic acids is 1. The van der Waals surface area contributed by atoms with Gasteiger partial charge in [-0.3, -0.25) is 4.79 Å². The van der Waals surface area contributed by atoms with Crippen molar-refractivity contribution in [2.45, 2.75) is 20.3 Å². The summed E-state index contributed by atoms with van der Waals surface area (Å²) in [5, 5.41) is 0. The lowest BCUT2D eigenvalue weighted by Crippen LogP contribution is -2.00. The summed E-state index contributed by atoms with van der Waals surface area (Å²) in [6.45, 7) is 4.07. The highest BCUT2D eigenvalue weighted by molar-refractivity contribution is 5.68. The number of hydrogen-bond acceptors (Lipinski definition) is 2. The Morgan fingerprint density at radius 2 is 1.38 bits per heavy atom. The van der Waals surface area contributed by atoms with Crippen LogP contribution in [0.1, 0.15) is 20.3 Å². The van der Waals surface area contributed by atoms with E-state index in [0.717, 1.165) is 0 Å². The van der Waals surface area contributed by atoms with E-state index < -0.39 is 0 Å². The number of esters is 1. The van der Waals surface area contributed by atoms with Crippen LogP contribution < -0.4 is 0 Å². The van der Waals surface area contributed by atoms with Crippen LogP contribution >= 0.6 is 0 Å². The third-order valence-electron chi connectivity index (χ3n) is 1.26. The second-order valence-electron chi connectivity index (χ2n) is 2.31. The predicted octanol–water partition coefficient (Wildman–Crippen LogP) is 2.65. The molecule has 0 spiro atoms. The largest absolute Gasteiger partial charge is 0.466 e. The molecule has 0 atom stereocenters. The fourth-order valence-corrected chi connectivity index (χ4v) is 0.648. The monoisotopic (exact) mass is 180 g/mol. The average molecular weight is 180 g/mol. The first-order chi connectivity index (χ1) is 6.31. The van der Waals surface area contributed by atoms with Gasteiger partial charge in [0.25, 0.3) is 0 Å². The van der Waals surface area contributed by atoms with Gasteiger partial charge in [0.2, 0.25) is 0 Å². The van der Waals surface area contributed by atoms with Crippen LogP contribution in [-0.2, 0) is 9.53 Å². The van der Waals surface area contributed by atoms with Gasteiger partial charge in [-0.15, -0.1) is 0 Å². The van der Waals surface area contributed by atoms with E-state index in [9.17, 15) is 4.79 Å². The van der Waals surface area contributed by atoms with Crippen molar-refractivity contribution in [2.24, 2.45) is 0 Å². The molecule has 2 nitrogen and oxygen atoms in total. The third-order valence-corrected chi connectivity index (χ3v) is 1.26. The van der Waals surface area contributed by atoms with E-state index >= 15 is 0 Å². The smallest absolute Gasteiger partial charge is 0.305 e. The van der Waals surface area contributed by atoms with Crippen LogP contribution in [0.25, 0.3) is 0 Å². The number of rotatable bonds is 2. The van der Waals surface area contributed by atoms with E-state index in [0.29, 0.717) is 13.0 Å². The summed E-state index contributed by atoms with van der Waals surface area (Å²) in [6, 6.07) is 12.0. The maximum atomic E-state index is 10.2. The highest BCUT2D eigenvalue weighted by Gasteiger charge is 1.91. The van der Waals surface area contributed by atoms with Crippen LogP contribution in [0, 0.1) is 0 Å². The first-order valence-corrected chi connectivity index (χ1v) is 4.46. The summed E-state index contributed by atoms with van der Waals surface area (Å²) in [6.07, 6.45) is 0.480. The molecule has 0 heterocycles. The zero-order chi connectivity index (χ0) is 9.94. The molecule has 2 heteroatoms. The molecule has 0 radical (unpaired) electrons. The Morgan fingerprint density at radius 1 is 1.00 bits per heavy atom. The molecule has 72 valence electrons. The van der Waals surface area contributed by atoms with Gasteiger partial charge in [0.05, 0.1) is 6.61 Å². The van der Waals surface area contributed by atoms with Crippen LogP contribution in [-0.4, -0.2) is 12.6 Å². The average Bonchev–Trinajstić information content (AvgIpc) is 2.22. The molecular formula is C11H16O2. The molecule has 13 heavy (non-hydrogen) atoms. The number of carbonyl (C=O) groups is 1. The molecule has 1 aromatic carbocycles. The molecule has 0 bridgehead atoms. The van der Waals surface area contributed by atoms with Crippen LogP contribution in [0.15, 0.2) is 36.4 Å². The summed E-state index contributed by atoms with van der Waals surface area (Å²) in [7, 11) is 0. The summed E-state index contributed by atoms with van der Waals surface area (Å²) in [5.74, 6) is -0.123. The first-order valence-electron chi connectivity index (χ1n) is 4.46. The van der Waals surface area contributed by atoms with Crippen molar-refractivity contribution in [1.82, 2.24) is 0 Å². The minimum absolute atomic E-state index is 0.123. The molecule has 0 aliphatic rings. The molecule has 1 aromatic rings. The molecule has 0 N–H and O–H groups in total. The van der Waals surface area contributed by atoms with Gasteiger partial charge < -0.3 is 4.74 Å². The molecule has 0 unspecified atom stereocenters. The maximum absolute atomic E-state index is 10.2. The van der Waals surface area contributed by atoms with E-state index in [4.69, 9.17) is 0 Å². The zero-order valence-electron chi connectivity index (χ0n) is 8.19. The zero-order valence-corrected chi connectivity index (χ0v) is 8.19. The van der Waals surface area contributed by atoms with Gasteiger partial charge in [-0.25, -0.2) is 0 Å². The van der Waals surface area contributed by atoms with E-state index in [-0.39, 0.29) is 5.97 Å². The molecule has 1 rings (SSSR count). The Bertz CT molecular complexity index is 180. The molecule has 0 aliphatic heterocycles. The Labute approximate surface area is 79.5 Å². The van der Waals surface area contributed by atoms with Crippen molar-refractivity contribution in [3.05, 3.63) is 36.4 Å². The minimum Gasteiger partial charge on any atom is -0.466 e. The van der Waals surface area contributed by atoms with Gasteiger partial charge in [0.15, 0.2) is 0 Å². The summed E-state index contributed by atoms with van der Waals surface area (Å²) in [5.41, 5.74) is 0. The Hall–Kier alpha value is -1.31. The van der Waals surface area contributed by atoms with Crippen molar-refractivity contribution < 1.29 is 9.53 Å². The fraction of sp³-hybridized carbons (Fsp3) is 0.364. The van der Waals surface area contributed by atoms with Crippen LogP contribution in [0.3, 0.4) is 0 Å².